The van der Waals surface area contributed by atoms with Gasteiger partial charge in [0.1, 0.15) is 0 Å². The number of hydrogen-bond acceptors (Lipinski definition) is 4. The molecule has 1 amide bonds. The molecule has 21 heavy (non-hydrogen) atoms. The molecule has 2 heterocycles. The number of piperidine rings is 1. The SMILES string of the molecule is COCCC[C@@]1(CO)CN(C(=O)c2cc[nH]c2)CC[C@H]1O. The van der Waals surface area contributed by atoms with Crippen LogP contribution in [-0.4, -0.2) is 65.5 Å². The molecule has 118 valence electrons. The van der Waals surface area contributed by atoms with Crippen LogP contribution in [0, 0.1) is 5.41 Å². The summed E-state index contributed by atoms with van der Waals surface area (Å²) in [6, 6.07) is 1.74. The van der Waals surface area contributed by atoms with Crippen LogP contribution in [0.2, 0.25) is 0 Å². The highest BCUT2D eigenvalue weighted by atomic mass is 16.5. The average molecular weight is 296 g/mol. The summed E-state index contributed by atoms with van der Waals surface area (Å²) < 4.78 is 5.04. The molecule has 6 nitrogen and oxygen atoms in total. The number of H-pyrrole nitrogens is 1. The number of aromatic amines is 1. The monoisotopic (exact) mass is 296 g/mol. The number of aliphatic hydroxyl groups excluding tert-OH is 2. The number of aromatic nitrogens is 1. The highest BCUT2D eigenvalue weighted by Gasteiger charge is 2.43. The standard InChI is InChI=1S/C15H24N2O4/c1-21-8-2-5-15(11-18)10-17(7-4-13(15)19)14(20)12-3-6-16-9-12/h3,6,9,13,16,18-19H,2,4-5,7-8,10-11H2,1H3/t13-,15+/m1/s1. The summed E-state index contributed by atoms with van der Waals surface area (Å²) in [4.78, 5) is 17.0. The predicted molar refractivity (Wildman–Crippen MR) is 77.9 cm³/mol. The van der Waals surface area contributed by atoms with Crippen LogP contribution in [0.4, 0.5) is 0 Å². The van der Waals surface area contributed by atoms with Gasteiger partial charge < -0.3 is 24.8 Å². The smallest absolute Gasteiger partial charge is 0.255 e. The largest absolute Gasteiger partial charge is 0.396 e. The zero-order chi connectivity index (χ0) is 15.3. The minimum absolute atomic E-state index is 0.0623. The van der Waals surface area contributed by atoms with Gasteiger partial charge in [-0.25, -0.2) is 0 Å². The zero-order valence-corrected chi connectivity index (χ0v) is 12.4. The number of ether oxygens (including phenoxy) is 1. The molecule has 1 aromatic heterocycles. The van der Waals surface area contributed by atoms with E-state index in [0.29, 0.717) is 38.1 Å². The molecule has 1 fully saturated rings. The highest BCUT2D eigenvalue weighted by molar-refractivity contribution is 5.94. The fraction of sp³-hybridized carbons (Fsp3) is 0.667. The van der Waals surface area contributed by atoms with Gasteiger partial charge in [-0.3, -0.25) is 4.79 Å². The Morgan fingerprint density at radius 3 is 3.05 bits per heavy atom. The van der Waals surface area contributed by atoms with Crippen molar-refractivity contribution in [2.45, 2.75) is 25.4 Å². The van der Waals surface area contributed by atoms with Crippen molar-refractivity contribution in [1.29, 1.82) is 0 Å². The van der Waals surface area contributed by atoms with Crippen LogP contribution in [0.5, 0.6) is 0 Å². The van der Waals surface area contributed by atoms with Crippen LogP contribution >= 0.6 is 0 Å². The van der Waals surface area contributed by atoms with E-state index in [4.69, 9.17) is 4.74 Å². The molecule has 0 radical (unpaired) electrons. The molecule has 0 aliphatic carbocycles. The minimum atomic E-state index is -0.650. The van der Waals surface area contributed by atoms with Crippen LogP contribution in [0.25, 0.3) is 0 Å². The molecule has 2 rings (SSSR count). The first-order valence-electron chi connectivity index (χ1n) is 7.33. The molecule has 0 aromatic carbocycles. The van der Waals surface area contributed by atoms with Gasteiger partial charge in [0.25, 0.3) is 5.91 Å². The number of rotatable bonds is 6. The third kappa shape index (κ3) is 3.45. The first kappa shape index (κ1) is 16.0. The fourth-order valence-electron chi connectivity index (χ4n) is 3.01. The normalized spacial score (nSPS) is 26.0. The lowest BCUT2D eigenvalue weighted by Gasteiger charge is -2.45. The second-order valence-electron chi connectivity index (χ2n) is 5.75. The molecule has 6 heteroatoms. The van der Waals surface area contributed by atoms with Gasteiger partial charge in [0.2, 0.25) is 0 Å². The zero-order valence-electron chi connectivity index (χ0n) is 12.4. The summed E-state index contributed by atoms with van der Waals surface area (Å²) in [5, 5.41) is 20.1. The van der Waals surface area contributed by atoms with E-state index in [1.807, 2.05) is 0 Å². The molecule has 1 aliphatic heterocycles. The van der Waals surface area contributed by atoms with Crippen LogP contribution in [0.15, 0.2) is 18.5 Å². The van der Waals surface area contributed by atoms with Crippen molar-refractivity contribution in [3.8, 4) is 0 Å². The van der Waals surface area contributed by atoms with Crippen molar-refractivity contribution in [2.75, 3.05) is 33.4 Å². The van der Waals surface area contributed by atoms with E-state index in [-0.39, 0.29) is 12.5 Å². The number of hydrogen-bond donors (Lipinski definition) is 3. The minimum Gasteiger partial charge on any atom is -0.396 e. The third-order valence-corrected chi connectivity index (χ3v) is 4.36. The topological polar surface area (TPSA) is 85.8 Å². The maximum atomic E-state index is 12.4. The average Bonchev–Trinajstić information content (AvgIpc) is 3.03. The number of nitrogens with zero attached hydrogens (tertiary/aromatic N) is 1. The number of aliphatic hydroxyl groups is 2. The van der Waals surface area contributed by atoms with E-state index in [0.717, 1.165) is 6.42 Å². The summed E-state index contributed by atoms with van der Waals surface area (Å²) in [5.74, 6) is -0.0623. The first-order valence-corrected chi connectivity index (χ1v) is 7.33. The molecule has 0 bridgehead atoms. The fourth-order valence-corrected chi connectivity index (χ4v) is 3.01. The van der Waals surface area contributed by atoms with E-state index >= 15 is 0 Å². The van der Waals surface area contributed by atoms with Gasteiger partial charge in [0.05, 0.1) is 18.3 Å². The lowest BCUT2D eigenvalue weighted by Crippen LogP contribution is -2.55. The maximum absolute atomic E-state index is 12.4. The molecular weight excluding hydrogens is 272 g/mol. The molecular formula is C15H24N2O4. The number of methoxy groups -OCH3 is 1. The van der Waals surface area contributed by atoms with Gasteiger partial charge in [-0.2, -0.15) is 0 Å². The molecule has 3 N–H and O–H groups in total. The molecule has 1 saturated heterocycles. The number of carbonyl (C=O) groups excluding carboxylic acids is 1. The lowest BCUT2D eigenvalue weighted by molar-refractivity contribution is -0.0745. The molecule has 1 aromatic rings. The maximum Gasteiger partial charge on any atom is 0.255 e. The van der Waals surface area contributed by atoms with Gasteiger partial charge in [-0.1, -0.05) is 0 Å². The summed E-state index contributed by atoms with van der Waals surface area (Å²) >= 11 is 0. The second kappa shape index (κ2) is 7.06. The first-order chi connectivity index (χ1) is 10.1. The molecule has 1 aliphatic rings. The summed E-state index contributed by atoms with van der Waals surface area (Å²) in [6.45, 7) is 1.34. The number of amides is 1. The predicted octanol–water partition coefficient (Wildman–Crippen LogP) is 0.627. The summed E-state index contributed by atoms with van der Waals surface area (Å²) in [6.07, 6.45) is 4.66. The van der Waals surface area contributed by atoms with Crippen molar-refractivity contribution >= 4 is 5.91 Å². The van der Waals surface area contributed by atoms with E-state index in [2.05, 4.69) is 4.98 Å². The Labute approximate surface area is 124 Å². The van der Waals surface area contributed by atoms with Crippen molar-refractivity contribution in [1.82, 2.24) is 9.88 Å². The quantitative estimate of drug-likeness (QED) is 0.672. The van der Waals surface area contributed by atoms with Crippen molar-refractivity contribution < 1.29 is 19.7 Å². The lowest BCUT2D eigenvalue weighted by atomic mass is 9.74. The Morgan fingerprint density at radius 1 is 1.62 bits per heavy atom. The van der Waals surface area contributed by atoms with E-state index in [1.165, 1.54) is 0 Å². The van der Waals surface area contributed by atoms with Crippen LogP contribution in [-0.2, 0) is 4.74 Å². The Bertz CT molecular complexity index is 449. The van der Waals surface area contributed by atoms with Gasteiger partial charge in [-0.05, 0) is 25.3 Å². The Kier molecular flexibility index (Phi) is 5.39. The summed E-state index contributed by atoms with van der Waals surface area (Å²) in [7, 11) is 1.63. The number of likely N-dealkylation sites (tertiary alicyclic amines) is 1. The molecule has 0 saturated carbocycles. The highest BCUT2D eigenvalue weighted by Crippen LogP contribution is 2.35. The van der Waals surface area contributed by atoms with Gasteiger partial charge in [-0.15, -0.1) is 0 Å². The van der Waals surface area contributed by atoms with Crippen LogP contribution in [0.3, 0.4) is 0 Å². The van der Waals surface area contributed by atoms with Crippen LogP contribution < -0.4 is 0 Å². The van der Waals surface area contributed by atoms with E-state index in [9.17, 15) is 15.0 Å². The van der Waals surface area contributed by atoms with Crippen molar-refractivity contribution in [3.63, 3.8) is 0 Å². The number of carbonyl (C=O) groups is 1. The van der Waals surface area contributed by atoms with Crippen LogP contribution in [0.1, 0.15) is 29.6 Å². The van der Waals surface area contributed by atoms with Crippen molar-refractivity contribution in [3.05, 3.63) is 24.0 Å². The van der Waals surface area contributed by atoms with Crippen molar-refractivity contribution in [2.24, 2.45) is 5.41 Å². The molecule has 2 atom stereocenters. The third-order valence-electron chi connectivity index (χ3n) is 4.36. The van der Waals surface area contributed by atoms with E-state index < -0.39 is 11.5 Å². The number of nitrogens with one attached hydrogen (secondary N) is 1. The molecule has 0 spiro atoms. The second-order valence-corrected chi connectivity index (χ2v) is 5.75. The Hall–Kier alpha value is -1.37. The Balaban J connectivity index is 2.08. The van der Waals surface area contributed by atoms with Gasteiger partial charge >= 0.3 is 0 Å². The Morgan fingerprint density at radius 2 is 2.43 bits per heavy atom. The molecule has 0 unspecified atom stereocenters. The van der Waals surface area contributed by atoms with E-state index in [1.54, 1.807) is 30.5 Å². The van der Waals surface area contributed by atoms with Gasteiger partial charge in [0.15, 0.2) is 0 Å². The summed E-state index contributed by atoms with van der Waals surface area (Å²) in [5.41, 5.74) is -0.0435. The van der Waals surface area contributed by atoms with Gasteiger partial charge in [0, 0.05) is 44.6 Å².